The highest BCUT2D eigenvalue weighted by Crippen LogP contribution is 2.28. The Balaban J connectivity index is 1.85. The molecular weight excluding hydrogens is 242 g/mol. The second-order valence-electron chi connectivity index (χ2n) is 5.23. The number of nitrogens with zero attached hydrogens (tertiary/aromatic N) is 3. The minimum Gasteiger partial charge on any atom is -0.472 e. The molecule has 0 amide bonds. The number of hydrazine groups is 1. The predicted molar refractivity (Wildman–Crippen MR) is 72.8 cm³/mol. The Bertz CT molecular complexity index is 559. The quantitative estimate of drug-likeness (QED) is 0.652. The van der Waals surface area contributed by atoms with E-state index in [4.69, 9.17) is 10.6 Å². The average molecular weight is 261 g/mol. The lowest BCUT2D eigenvalue weighted by Gasteiger charge is -2.26. The molecule has 102 valence electrons. The first-order valence-corrected chi connectivity index (χ1v) is 6.73. The lowest BCUT2D eigenvalue weighted by Crippen LogP contribution is -2.24. The van der Waals surface area contributed by atoms with Crippen LogP contribution in [0.5, 0.6) is 5.88 Å². The van der Waals surface area contributed by atoms with Crippen molar-refractivity contribution in [1.29, 1.82) is 0 Å². The number of anilines is 1. The fourth-order valence-corrected chi connectivity index (χ4v) is 2.56. The van der Waals surface area contributed by atoms with E-state index in [0.29, 0.717) is 11.7 Å². The third kappa shape index (κ3) is 2.49. The molecule has 2 aromatic heterocycles. The summed E-state index contributed by atoms with van der Waals surface area (Å²) in [5.74, 6) is 7.36. The summed E-state index contributed by atoms with van der Waals surface area (Å²) < 4.78 is 7.89. The van der Waals surface area contributed by atoms with Crippen LogP contribution >= 0.6 is 0 Å². The summed E-state index contributed by atoms with van der Waals surface area (Å²) in [5, 5.41) is 0. The molecule has 6 nitrogen and oxygen atoms in total. The molecule has 1 aliphatic carbocycles. The number of fused-ring (bicyclic) bond motifs is 1. The largest absolute Gasteiger partial charge is 0.472 e. The normalized spacial score (nSPS) is 23.5. The van der Waals surface area contributed by atoms with Crippen molar-refractivity contribution in [2.24, 2.45) is 11.8 Å². The molecule has 0 aromatic carbocycles. The van der Waals surface area contributed by atoms with Crippen molar-refractivity contribution in [3.05, 3.63) is 18.6 Å². The minimum absolute atomic E-state index is 0.234. The third-order valence-corrected chi connectivity index (χ3v) is 3.73. The highest BCUT2D eigenvalue weighted by Gasteiger charge is 2.21. The summed E-state index contributed by atoms with van der Waals surface area (Å²) in [4.78, 5) is 8.64. The van der Waals surface area contributed by atoms with Gasteiger partial charge < -0.3 is 10.2 Å². The van der Waals surface area contributed by atoms with Crippen LogP contribution in [0.25, 0.3) is 5.65 Å². The molecule has 1 aliphatic rings. The highest BCUT2D eigenvalue weighted by molar-refractivity contribution is 5.53. The fourth-order valence-electron chi connectivity index (χ4n) is 2.56. The summed E-state index contributed by atoms with van der Waals surface area (Å²) in [7, 11) is 0. The van der Waals surface area contributed by atoms with Gasteiger partial charge in [0.15, 0.2) is 5.82 Å². The van der Waals surface area contributed by atoms with Crippen LogP contribution in [0.1, 0.15) is 32.6 Å². The van der Waals surface area contributed by atoms with Gasteiger partial charge >= 0.3 is 0 Å². The van der Waals surface area contributed by atoms with Gasteiger partial charge in [-0.05, 0) is 31.6 Å². The number of rotatable bonds is 3. The Labute approximate surface area is 112 Å². The maximum Gasteiger partial charge on any atom is 0.260 e. The Morgan fingerprint density at radius 2 is 2.16 bits per heavy atom. The van der Waals surface area contributed by atoms with Crippen molar-refractivity contribution < 1.29 is 4.74 Å². The van der Waals surface area contributed by atoms with Crippen molar-refractivity contribution in [3.63, 3.8) is 0 Å². The van der Waals surface area contributed by atoms with Crippen LogP contribution < -0.4 is 16.0 Å². The zero-order chi connectivity index (χ0) is 13.2. The lowest BCUT2D eigenvalue weighted by atomic mass is 9.89. The molecule has 19 heavy (non-hydrogen) atoms. The Hall–Kier alpha value is -1.82. The van der Waals surface area contributed by atoms with Crippen LogP contribution in [0.3, 0.4) is 0 Å². The van der Waals surface area contributed by atoms with Gasteiger partial charge in [0.2, 0.25) is 5.65 Å². The summed E-state index contributed by atoms with van der Waals surface area (Å²) in [6, 6.07) is 0. The molecule has 3 N–H and O–H groups in total. The smallest absolute Gasteiger partial charge is 0.260 e. The molecule has 0 aliphatic heterocycles. The topological polar surface area (TPSA) is 77.5 Å². The number of hydrogen-bond acceptors (Lipinski definition) is 5. The number of aromatic nitrogens is 3. The van der Waals surface area contributed by atoms with Gasteiger partial charge in [-0.1, -0.05) is 6.92 Å². The molecule has 0 atom stereocenters. The summed E-state index contributed by atoms with van der Waals surface area (Å²) in [5.41, 5.74) is 3.29. The molecular formula is C13H19N5O. The molecule has 0 bridgehead atoms. The number of imidazole rings is 1. The van der Waals surface area contributed by atoms with Gasteiger partial charge in [0.1, 0.15) is 6.10 Å². The van der Waals surface area contributed by atoms with E-state index in [1.807, 2.05) is 10.6 Å². The van der Waals surface area contributed by atoms with Gasteiger partial charge in [-0.2, -0.15) is 4.98 Å². The van der Waals surface area contributed by atoms with E-state index in [1.165, 1.54) is 12.8 Å². The molecule has 6 heteroatoms. The molecule has 0 saturated heterocycles. The van der Waals surface area contributed by atoms with Crippen molar-refractivity contribution in [2.45, 2.75) is 38.7 Å². The zero-order valence-corrected chi connectivity index (χ0v) is 11.0. The number of ether oxygens (including phenoxy) is 1. The van der Waals surface area contributed by atoms with Gasteiger partial charge in [-0.3, -0.25) is 4.40 Å². The van der Waals surface area contributed by atoms with Crippen LogP contribution in [0.4, 0.5) is 5.82 Å². The van der Waals surface area contributed by atoms with E-state index in [1.54, 1.807) is 12.4 Å². The third-order valence-electron chi connectivity index (χ3n) is 3.73. The van der Waals surface area contributed by atoms with Gasteiger partial charge in [-0.15, -0.1) is 0 Å². The number of hydrogen-bond donors (Lipinski definition) is 2. The average Bonchev–Trinajstić information content (AvgIpc) is 2.89. The predicted octanol–water partition coefficient (Wildman–Crippen LogP) is 1.97. The molecule has 3 rings (SSSR count). The van der Waals surface area contributed by atoms with Gasteiger partial charge in [0, 0.05) is 12.4 Å². The van der Waals surface area contributed by atoms with Crippen LogP contribution in [-0.4, -0.2) is 20.5 Å². The van der Waals surface area contributed by atoms with Crippen molar-refractivity contribution in [2.75, 3.05) is 5.43 Å². The van der Waals surface area contributed by atoms with Gasteiger partial charge in [-0.25, -0.2) is 10.8 Å². The Kier molecular flexibility index (Phi) is 3.25. The first-order valence-electron chi connectivity index (χ1n) is 6.73. The molecule has 2 aromatic rings. The fraction of sp³-hybridized carbons (Fsp3) is 0.538. The van der Waals surface area contributed by atoms with E-state index < -0.39 is 0 Å². The monoisotopic (exact) mass is 261 g/mol. The zero-order valence-electron chi connectivity index (χ0n) is 11.0. The Morgan fingerprint density at radius 3 is 2.89 bits per heavy atom. The number of nitrogens with two attached hydrogens (primary N) is 1. The lowest BCUT2D eigenvalue weighted by molar-refractivity contribution is 0.131. The SMILES string of the molecule is CC1CCC(Oc2nc(NN)cn3ccnc23)CC1. The minimum atomic E-state index is 0.234. The molecule has 1 fully saturated rings. The number of nitrogens with one attached hydrogen (secondary N) is 1. The summed E-state index contributed by atoms with van der Waals surface area (Å²) in [6.45, 7) is 2.29. The summed E-state index contributed by atoms with van der Waals surface area (Å²) in [6.07, 6.45) is 10.2. The van der Waals surface area contributed by atoms with Crippen molar-refractivity contribution in [3.8, 4) is 5.88 Å². The van der Waals surface area contributed by atoms with E-state index in [2.05, 4.69) is 22.3 Å². The van der Waals surface area contributed by atoms with Crippen molar-refractivity contribution >= 4 is 11.5 Å². The van der Waals surface area contributed by atoms with E-state index in [0.717, 1.165) is 24.4 Å². The first-order chi connectivity index (χ1) is 9.26. The standard InChI is InChI=1S/C13H19N5O/c1-9-2-4-10(5-3-9)19-13-12-15-6-7-18(12)8-11(16-13)17-14/h6-10,17H,2-5,14H2,1H3. The molecule has 0 radical (unpaired) electrons. The highest BCUT2D eigenvalue weighted by atomic mass is 16.5. The van der Waals surface area contributed by atoms with E-state index in [9.17, 15) is 0 Å². The van der Waals surface area contributed by atoms with Crippen LogP contribution in [0.15, 0.2) is 18.6 Å². The van der Waals surface area contributed by atoms with E-state index in [-0.39, 0.29) is 6.10 Å². The first kappa shape index (κ1) is 12.2. The maximum atomic E-state index is 6.03. The van der Waals surface area contributed by atoms with Crippen LogP contribution in [0, 0.1) is 5.92 Å². The molecule has 0 spiro atoms. The van der Waals surface area contributed by atoms with E-state index >= 15 is 0 Å². The van der Waals surface area contributed by atoms with Gasteiger partial charge in [0.05, 0.1) is 6.20 Å². The molecule has 2 heterocycles. The second-order valence-corrected chi connectivity index (χ2v) is 5.23. The summed E-state index contributed by atoms with van der Waals surface area (Å²) >= 11 is 0. The maximum absolute atomic E-state index is 6.03. The van der Waals surface area contributed by atoms with Crippen molar-refractivity contribution in [1.82, 2.24) is 14.4 Å². The van der Waals surface area contributed by atoms with Crippen LogP contribution in [-0.2, 0) is 0 Å². The molecule has 1 saturated carbocycles. The van der Waals surface area contributed by atoms with Gasteiger partial charge in [0.25, 0.3) is 5.88 Å². The van der Waals surface area contributed by atoms with Crippen LogP contribution in [0.2, 0.25) is 0 Å². The Morgan fingerprint density at radius 1 is 1.37 bits per heavy atom. The number of nitrogen functional groups attached to an aromatic ring is 1. The molecule has 0 unspecified atom stereocenters. The second kappa shape index (κ2) is 5.05.